The Morgan fingerprint density at radius 1 is 1.46 bits per heavy atom. The van der Waals surface area contributed by atoms with Crippen molar-refractivity contribution in [2.75, 3.05) is 13.2 Å². The van der Waals surface area contributed by atoms with Crippen LogP contribution < -0.4 is 0 Å². The third kappa shape index (κ3) is 8.82. The van der Waals surface area contributed by atoms with E-state index in [2.05, 4.69) is 18.2 Å². The average Bonchev–Trinajstić information content (AvgIpc) is 2.16. The minimum atomic E-state index is -0.439. The number of ether oxygens (including phenoxy) is 2. The topological polar surface area (TPSA) is 35.5 Å². The van der Waals surface area contributed by atoms with Gasteiger partial charge in [0.2, 0.25) is 0 Å². The highest BCUT2D eigenvalue weighted by molar-refractivity contribution is 5.81. The molecular formula is C10H16O3. The van der Waals surface area contributed by atoms with Crippen LogP contribution in [0.2, 0.25) is 0 Å². The largest absolute Gasteiger partial charge is 0.432 e. The predicted octanol–water partition coefficient (Wildman–Crippen LogP) is 2.05. The van der Waals surface area contributed by atoms with Crippen LogP contribution in [-0.4, -0.2) is 19.2 Å². The molecule has 3 nitrogen and oxygen atoms in total. The van der Waals surface area contributed by atoms with Crippen LogP contribution in [0.5, 0.6) is 0 Å². The highest BCUT2D eigenvalue weighted by Gasteiger charge is 1.88. The third-order valence-corrected chi connectivity index (χ3v) is 1.22. The van der Waals surface area contributed by atoms with Gasteiger partial charge >= 0.3 is 5.97 Å². The second kappa shape index (κ2) is 9.00. The van der Waals surface area contributed by atoms with Crippen LogP contribution in [0.3, 0.4) is 0 Å². The summed E-state index contributed by atoms with van der Waals surface area (Å²) in [6.07, 6.45) is 6.01. The third-order valence-electron chi connectivity index (χ3n) is 1.22. The van der Waals surface area contributed by atoms with E-state index in [1.165, 1.54) is 6.26 Å². The van der Waals surface area contributed by atoms with Crippen LogP contribution in [0.25, 0.3) is 0 Å². The number of carbonyl (C=O) groups excluding carboxylic acids is 1. The Bertz CT molecular complexity index is 173. The molecule has 13 heavy (non-hydrogen) atoms. The number of rotatable bonds is 7. The number of hydrogen-bond donors (Lipinski definition) is 0. The first kappa shape index (κ1) is 11.9. The molecule has 0 radical (unpaired) electrons. The molecule has 0 rings (SSSR count). The molecule has 0 unspecified atom stereocenters. The zero-order valence-electron chi connectivity index (χ0n) is 7.99. The van der Waals surface area contributed by atoms with Gasteiger partial charge in [0.1, 0.15) is 0 Å². The molecule has 0 N–H and O–H groups in total. The maximum atomic E-state index is 10.5. The number of hydrogen-bond acceptors (Lipinski definition) is 3. The summed E-state index contributed by atoms with van der Waals surface area (Å²) >= 11 is 0. The van der Waals surface area contributed by atoms with E-state index in [4.69, 9.17) is 4.74 Å². The molecule has 0 saturated heterocycles. The normalized spacial score (nSPS) is 10.2. The summed E-state index contributed by atoms with van der Waals surface area (Å²) in [5.41, 5.74) is 0. The quantitative estimate of drug-likeness (QED) is 0.263. The van der Waals surface area contributed by atoms with Gasteiger partial charge in [-0.25, -0.2) is 4.79 Å². The van der Waals surface area contributed by atoms with E-state index < -0.39 is 5.97 Å². The highest BCUT2D eigenvalue weighted by Crippen LogP contribution is 1.89. The first-order chi connectivity index (χ1) is 6.31. The van der Waals surface area contributed by atoms with Crippen molar-refractivity contribution in [3.05, 3.63) is 25.0 Å². The Labute approximate surface area is 79.0 Å². The summed E-state index contributed by atoms with van der Waals surface area (Å²) in [6.45, 7) is 6.76. The second-order valence-corrected chi connectivity index (χ2v) is 2.41. The van der Waals surface area contributed by atoms with Crippen molar-refractivity contribution >= 4 is 5.97 Å². The molecule has 0 aromatic rings. The lowest BCUT2D eigenvalue weighted by atomic mass is 10.4. The van der Waals surface area contributed by atoms with Gasteiger partial charge in [0.15, 0.2) is 0 Å². The Morgan fingerprint density at radius 3 is 2.85 bits per heavy atom. The molecule has 0 aromatic heterocycles. The minimum absolute atomic E-state index is 0.439. The fourth-order valence-electron chi connectivity index (χ4n) is 0.629. The summed E-state index contributed by atoms with van der Waals surface area (Å²) in [6, 6.07) is 0. The lowest BCUT2D eigenvalue weighted by molar-refractivity contribution is -0.132. The van der Waals surface area contributed by atoms with E-state index in [9.17, 15) is 4.79 Å². The summed E-state index contributed by atoms with van der Waals surface area (Å²) in [7, 11) is 0. The summed E-state index contributed by atoms with van der Waals surface area (Å²) in [5, 5.41) is 0. The molecule has 0 bridgehead atoms. The van der Waals surface area contributed by atoms with Crippen molar-refractivity contribution in [1.82, 2.24) is 0 Å². The fraction of sp³-hybridized carbons (Fsp3) is 0.500. The Kier molecular flexibility index (Phi) is 8.25. The lowest BCUT2D eigenvalue weighted by Gasteiger charge is -1.97. The summed E-state index contributed by atoms with van der Waals surface area (Å²) in [4.78, 5) is 10.5. The predicted molar refractivity (Wildman–Crippen MR) is 51.2 cm³/mol. The molecule has 0 aliphatic heterocycles. The average molecular weight is 184 g/mol. The molecule has 0 aliphatic carbocycles. The first-order valence-corrected chi connectivity index (χ1v) is 4.37. The van der Waals surface area contributed by atoms with E-state index in [0.717, 1.165) is 25.5 Å². The van der Waals surface area contributed by atoms with Gasteiger partial charge in [-0.3, -0.25) is 0 Å². The SMILES string of the molecule is C=CC(=O)OC=CCCOCCC. The molecule has 0 spiro atoms. The monoisotopic (exact) mass is 184 g/mol. The van der Waals surface area contributed by atoms with Gasteiger partial charge < -0.3 is 9.47 Å². The van der Waals surface area contributed by atoms with Gasteiger partial charge in [-0.15, -0.1) is 0 Å². The van der Waals surface area contributed by atoms with E-state index >= 15 is 0 Å². The minimum Gasteiger partial charge on any atom is -0.432 e. The van der Waals surface area contributed by atoms with Crippen LogP contribution in [0.4, 0.5) is 0 Å². The maximum Gasteiger partial charge on any atom is 0.334 e. The van der Waals surface area contributed by atoms with E-state index in [1.807, 2.05) is 0 Å². The standard InChI is InChI=1S/C10H16O3/c1-3-7-12-8-5-6-9-13-10(11)4-2/h4,6,9H,2-3,5,7-8H2,1H3. The summed E-state index contributed by atoms with van der Waals surface area (Å²) < 4.78 is 9.81. The molecule has 0 fully saturated rings. The Balaban J connectivity index is 3.21. The van der Waals surface area contributed by atoms with Crippen molar-refractivity contribution in [3.8, 4) is 0 Å². The smallest absolute Gasteiger partial charge is 0.334 e. The molecule has 0 heterocycles. The maximum absolute atomic E-state index is 10.5. The van der Waals surface area contributed by atoms with Gasteiger partial charge in [0.05, 0.1) is 12.9 Å². The van der Waals surface area contributed by atoms with Crippen LogP contribution >= 0.6 is 0 Å². The molecule has 3 heteroatoms. The van der Waals surface area contributed by atoms with Gasteiger partial charge in [0.25, 0.3) is 0 Å². The zero-order chi connectivity index (χ0) is 9.94. The molecule has 0 aromatic carbocycles. The van der Waals surface area contributed by atoms with Crippen LogP contribution in [0.15, 0.2) is 25.0 Å². The molecular weight excluding hydrogens is 168 g/mol. The van der Waals surface area contributed by atoms with Crippen LogP contribution in [0.1, 0.15) is 19.8 Å². The van der Waals surface area contributed by atoms with Crippen molar-refractivity contribution in [1.29, 1.82) is 0 Å². The van der Waals surface area contributed by atoms with Crippen molar-refractivity contribution in [2.45, 2.75) is 19.8 Å². The van der Waals surface area contributed by atoms with E-state index in [-0.39, 0.29) is 0 Å². The fourth-order valence-corrected chi connectivity index (χ4v) is 0.629. The van der Waals surface area contributed by atoms with Crippen molar-refractivity contribution in [3.63, 3.8) is 0 Å². The highest BCUT2D eigenvalue weighted by atomic mass is 16.5. The van der Waals surface area contributed by atoms with Crippen LogP contribution in [0, 0.1) is 0 Å². The van der Waals surface area contributed by atoms with Gasteiger partial charge in [-0.1, -0.05) is 13.5 Å². The number of esters is 1. The molecule has 0 amide bonds. The van der Waals surface area contributed by atoms with Crippen LogP contribution in [-0.2, 0) is 14.3 Å². The van der Waals surface area contributed by atoms with E-state index in [1.54, 1.807) is 6.08 Å². The zero-order valence-corrected chi connectivity index (χ0v) is 7.99. The molecule has 0 saturated carbocycles. The summed E-state index contributed by atoms with van der Waals surface area (Å²) in [5.74, 6) is -0.439. The van der Waals surface area contributed by atoms with Gasteiger partial charge in [0, 0.05) is 12.7 Å². The van der Waals surface area contributed by atoms with Gasteiger partial charge in [-0.05, 0) is 18.9 Å². The Hall–Kier alpha value is -1.09. The lowest BCUT2D eigenvalue weighted by Crippen LogP contribution is -1.95. The van der Waals surface area contributed by atoms with Gasteiger partial charge in [-0.2, -0.15) is 0 Å². The first-order valence-electron chi connectivity index (χ1n) is 4.37. The molecule has 0 atom stereocenters. The molecule has 74 valence electrons. The van der Waals surface area contributed by atoms with Crippen molar-refractivity contribution < 1.29 is 14.3 Å². The number of carbonyl (C=O) groups is 1. The second-order valence-electron chi connectivity index (χ2n) is 2.41. The van der Waals surface area contributed by atoms with Crippen molar-refractivity contribution in [2.24, 2.45) is 0 Å². The Morgan fingerprint density at radius 2 is 2.23 bits per heavy atom. The molecule has 0 aliphatic rings. The van der Waals surface area contributed by atoms with E-state index in [0.29, 0.717) is 6.61 Å².